The minimum atomic E-state index is -0.310. The van der Waals surface area contributed by atoms with E-state index in [1.54, 1.807) is 6.20 Å². The molecule has 8 nitrogen and oxygen atoms in total. The summed E-state index contributed by atoms with van der Waals surface area (Å²) >= 11 is 0. The zero-order valence-corrected chi connectivity index (χ0v) is 22.3. The van der Waals surface area contributed by atoms with Gasteiger partial charge in [-0.1, -0.05) is 24.8 Å². The van der Waals surface area contributed by atoms with Crippen LogP contribution in [0.25, 0.3) is 16.8 Å². The summed E-state index contributed by atoms with van der Waals surface area (Å²) in [5.74, 6) is 2.50. The Balaban J connectivity index is 1.62. The van der Waals surface area contributed by atoms with E-state index < -0.39 is 0 Å². The van der Waals surface area contributed by atoms with Crippen LogP contribution in [0.15, 0.2) is 79.6 Å². The second-order valence-corrected chi connectivity index (χ2v) is 10.1. The number of anilines is 1. The van der Waals surface area contributed by atoms with Gasteiger partial charge in [0.15, 0.2) is 0 Å². The maximum absolute atomic E-state index is 13.2. The lowest BCUT2D eigenvalue weighted by molar-refractivity contribution is -0.138. The number of benzene rings is 2. The fourth-order valence-corrected chi connectivity index (χ4v) is 5.53. The summed E-state index contributed by atoms with van der Waals surface area (Å²) in [6.45, 7) is 13.1. The molecular formula is C30H34N6O2. The first-order valence-electron chi connectivity index (χ1n) is 13.0. The summed E-state index contributed by atoms with van der Waals surface area (Å²) in [5.41, 5.74) is 8.73. The van der Waals surface area contributed by atoms with Crippen molar-refractivity contribution in [1.29, 1.82) is 0 Å². The van der Waals surface area contributed by atoms with E-state index in [9.17, 15) is 4.79 Å². The normalized spacial score (nSPS) is 20.1. The third-order valence-electron chi connectivity index (χ3n) is 7.30. The van der Waals surface area contributed by atoms with Crippen molar-refractivity contribution in [3.63, 3.8) is 0 Å². The van der Waals surface area contributed by atoms with Crippen LogP contribution >= 0.6 is 0 Å². The maximum Gasteiger partial charge on any atom is 0.246 e. The standard InChI is InChI=1S/C30H34N6O2/c1-6-25(37)36-20(4)18-35(19(2)3)21(5)27(36)30-33-26(28-29(31)32-16-17-34(28)30)22-12-14-24(15-13-22)38-23-10-8-7-9-11-23/h6-17,19-21,27H,1,18H2,2-5H3,(H2,31,32)/t20-,21-,27?/m0/s1. The van der Waals surface area contributed by atoms with Gasteiger partial charge in [0, 0.05) is 42.6 Å². The number of imidazole rings is 1. The number of ether oxygens (including phenoxy) is 1. The Kier molecular flexibility index (Phi) is 6.91. The molecule has 1 unspecified atom stereocenters. The highest BCUT2D eigenvalue weighted by Gasteiger charge is 2.43. The lowest BCUT2D eigenvalue weighted by Crippen LogP contribution is -2.61. The average Bonchev–Trinajstić information content (AvgIpc) is 3.30. The number of amides is 1. The quantitative estimate of drug-likeness (QED) is 0.353. The molecule has 4 aromatic rings. The molecule has 1 amide bonds. The zero-order valence-electron chi connectivity index (χ0n) is 22.3. The highest BCUT2D eigenvalue weighted by atomic mass is 16.5. The van der Waals surface area contributed by atoms with Crippen LogP contribution in [-0.2, 0) is 4.79 Å². The number of aromatic nitrogens is 3. The van der Waals surface area contributed by atoms with Crippen molar-refractivity contribution in [3.05, 3.63) is 85.5 Å². The summed E-state index contributed by atoms with van der Waals surface area (Å²) in [7, 11) is 0. The van der Waals surface area contributed by atoms with E-state index in [4.69, 9.17) is 15.5 Å². The van der Waals surface area contributed by atoms with E-state index in [0.29, 0.717) is 23.1 Å². The summed E-state index contributed by atoms with van der Waals surface area (Å²) in [5, 5.41) is 0. The largest absolute Gasteiger partial charge is 0.457 e. The highest BCUT2D eigenvalue weighted by Crippen LogP contribution is 2.38. The van der Waals surface area contributed by atoms with Crippen LogP contribution in [-0.4, -0.2) is 54.7 Å². The Morgan fingerprint density at radius 2 is 1.79 bits per heavy atom. The molecule has 2 N–H and O–H groups in total. The highest BCUT2D eigenvalue weighted by molar-refractivity contribution is 5.88. The molecule has 0 bridgehead atoms. The van der Waals surface area contributed by atoms with E-state index in [0.717, 1.165) is 29.4 Å². The number of piperazine rings is 1. The number of carbonyl (C=O) groups is 1. The molecule has 0 spiro atoms. The fourth-order valence-electron chi connectivity index (χ4n) is 5.53. The molecule has 1 aliphatic heterocycles. The van der Waals surface area contributed by atoms with Gasteiger partial charge in [0.1, 0.15) is 40.4 Å². The van der Waals surface area contributed by atoms with Gasteiger partial charge in [0.05, 0.1) is 0 Å². The van der Waals surface area contributed by atoms with Gasteiger partial charge in [-0.25, -0.2) is 9.97 Å². The van der Waals surface area contributed by atoms with Gasteiger partial charge in [-0.15, -0.1) is 0 Å². The molecule has 8 heteroatoms. The van der Waals surface area contributed by atoms with Crippen molar-refractivity contribution in [2.24, 2.45) is 0 Å². The molecule has 38 heavy (non-hydrogen) atoms. The van der Waals surface area contributed by atoms with E-state index in [1.165, 1.54) is 6.08 Å². The number of nitrogens with zero attached hydrogens (tertiary/aromatic N) is 5. The van der Waals surface area contributed by atoms with Gasteiger partial charge in [0.2, 0.25) is 5.91 Å². The Morgan fingerprint density at radius 1 is 1.11 bits per heavy atom. The summed E-state index contributed by atoms with van der Waals surface area (Å²) in [4.78, 5) is 27.0. The molecular weight excluding hydrogens is 476 g/mol. The minimum absolute atomic E-state index is 0.0181. The van der Waals surface area contributed by atoms with E-state index in [-0.39, 0.29) is 24.0 Å². The van der Waals surface area contributed by atoms with Crippen molar-refractivity contribution < 1.29 is 9.53 Å². The lowest BCUT2D eigenvalue weighted by Gasteiger charge is -2.50. The number of fused-ring (bicyclic) bond motifs is 1. The van der Waals surface area contributed by atoms with Crippen molar-refractivity contribution in [2.45, 2.75) is 51.9 Å². The van der Waals surface area contributed by atoms with Crippen LogP contribution in [0.5, 0.6) is 11.5 Å². The number of nitrogens with two attached hydrogens (primary N) is 1. The van der Waals surface area contributed by atoms with Crippen LogP contribution in [0.3, 0.4) is 0 Å². The maximum atomic E-state index is 13.2. The van der Waals surface area contributed by atoms with Crippen LogP contribution in [0.4, 0.5) is 5.82 Å². The molecule has 1 fully saturated rings. The van der Waals surface area contributed by atoms with E-state index in [1.807, 2.05) is 70.1 Å². The van der Waals surface area contributed by atoms with Gasteiger partial charge >= 0.3 is 0 Å². The Labute approximate surface area is 223 Å². The molecule has 3 atom stereocenters. The van der Waals surface area contributed by atoms with Gasteiger partial charge in [-0.3, -0.25) is 14.1 Å². The van der Waals surface area contributed by atoms with Crippen LogP contribution in [0.2, 0.25) is 0 Å². The Hall–Kier alpha value is -4.17. The molecule has 2 aromatic heterocycles. The number of hydrogen-bond acceptors (Lipinski definition) is 6. The number of carbonyl (C=O) groups excluding carboxylic acids is 1. The van der Waals surface area contributed by atoms with Gasteiger partial charge in [0.25, 0.3) is 0 Å². The van der Waals surface area contributed by atoms with Crippen LogP contribution in [0, 0.1) is 0 Å². The first kappa shape index (κ1) is 25.5. The van der Waals surface area contributed by atoms with Crippen LogP contribution < -0.4 is 10.5 Å². The summed E-state index contributed by atoms with van der Waals surface area (Å²) < 4.78 is 7.95. The third kappa shape index (κ3) is 4.52. The molecule has 0 aliphatic carbocycles. The van der Waals surface area contributed by atoms with E-state index in [2.05, 4.69) is 44.2 Å². The van der Waals surface area contributed by atoms with Gasteiger partial charge in [-0.2, -0.15) is 0 Å². The molecule has 196 valence electrons. The number of para-hydroxylation sites is 1. The second-order valence-electron chi connectivity index (χ2n) is 10.1. The van der Waals surface area contributed by atoms with Crippen molar-refractivity contribution in [3.8, 4) is 22.8 Å². The molecule has 5 rings (SSSR count). The molecule has 1 saturated heterocycles. The Bertz CT molecular complexity index is 1450. The van der Waals surface area contributed by atoms with E-state index >= 15 is 0 Å². The van der Waals surface area contributed by atoms with Gasteiger partial charge < -0.3 is 15.4 Å². The zero-order chi connectivity index (χ0) is 27.0. The number of rotatable bonds is 6. The monoisotopic (exact) mass is 510 g/mol. The predicted molar refractivity (Wildman–Crippen MR) is 150 cm³/mol. The smallest absolute Gasteiger partial charge is 0.246 e. The third-order valence-corrected chi connectivity index (χ3v) is 7.30. The Morgan fingerprint density at radius 3 is 2.45 bits per heavy atom. The fraction of sp³-hybridized carbons (Fsp3) is 0.300. The van der Waals surface area contributed by atoms with Gasteiger partial charge in [-0.05, 0) is 70.2 Å². The molecule has 3 heterocycles. The molecule has 1 aliphatic rings. The van der Waals surface area contributed by atoms with Crippen molar-refractivity contribution in [2.75, 3.05) is 12.3 Å². The average molecular weight is 511 g/mol. The van der Waals surface area contributed by atoms with Crippen LogP contribution in [0.1, 0.15) is 39.6 Å². The topological polar surface area (TPSA) is 89.0 Å². The van der Waals surface area contributed by atoms with Crippen molar-refractivity contribution in [1.82, 2.24) is 24.2 Å². The minimum Gasteiger partial charge on any atom is -0.457 e. The second kappa shape index (κ2) is 10.3. The summed E-state index contributed by atoms with van der Waals surface area (Å²) in [6.07, 6.45) is 4.93. The SMILES string of the molecule is C=CC(=O)N1C(c2nc(-c3ccc(Oc4ccccc4)cc3)c3c(N)nccn23)[C@H](C)N(C(C)C)C[C@@H]1C. The molecule has 2 aromatic carbocycles. The number of hydrogen-bond donors (Lipinski definition) is 1. The lowest BCUT2D eigenvalue weighted by atomic mass is 9.96. The molecule has 0 radical (unpaired) electrons. The first-order valence-corrected chi connectivity index (χ1v) is 13.0. The molecule has 0 saturated carbocycles. The van der Waals surface area contributed by atoms with Crippen molar-refractivity contribution >= 4 is 17.2 Å². The summed E-state index contributed by atoms with van der Waals surface area (Å²) in [6, 6.07) is 17.4. The first-order chi connectivity index (χ1) is 18.3. The number of nitrogen functional groups attached to an aromatic ring is 1. The predicted octanol–water partition coefficient (Wildman–Crippen LogP) is 5.33.